The molecule has 50 heavy (non-hydrogen) atoms. The molecule has 2 N–H and O–H groups in total. The van der Waals surface area contributed by atoms with E-state index in [2.05, 4.69) is 63.3 Å². The molecule has 10 nitrogen and oxygen atoms in total. The minimum absolute atomic E-state index is 0.0644. The Bertz CT molecular complexity index is 1690. The van der Waals surface area contributed by atoms with Crippen LogP contribution in [0.1, 0.15) is 114 Å². The van der Waals surface area contributed by atoms with Crippen molar-refractivity contribution in [3.8, 4) is 11.4 Å². The maximum absolute atomic E-state index is 14.2. The van der Waals surface area contributed by atoms with Crippen LogP contribution in [0, 0.1) is 18.3 Å². The molecule has 3 heterocycles. The van der Waals surface area contributed by atoms with Crippen molar-refractivity contribution in [2.45, 2.75) is 121 Å². The average Bonchev–Trinajstić information content (AvgIpc) is 3.62. The molecule has 5 aliphatic rings. The third kappa shape index (κ3) is 6.63. The number of pyridine rings is 1. The van der Waals surface area contributed by atoms with E-state index in [1.54, 1.807) is 7.11 Å². The predicted octanol–water partition coefficient (Wildman–Crippen LogP) is 6.70. The number of aryl methyl sites for hydroxylation is 1. The molecule has 2 aromatic heterocycles. The van der Waals surface area contributed by atoms with Crippen LogP contribution in [0.2, 0.25) is 0 Å². The number of benzene rings is 1. The Kier molecular flexibility index (Phi) is 9.20. The molecule has 1 atom stereocenters. The zero-order valence-corrected chi connectivity index (χ0v) is 30.3. The molecule has 0 spiro atoms. The van der Waals surface area contributed by atoms with E-state index in [4.69, 9.17) is 19.6 Å². The Hall–Kier alpha value is -3.92. The number of aliphatic hydroxyl groups excluding tert-OH is 1. The number of rotatable bonds is 8. The number of likely N-dealkylation sites (tertiary alicyclic amines) is 1. The van der Waals surface area contributed by atoms with E-state index in [1.165, 1.54) is 16.0 Å². The van der Waals surface area contributed by atoms with Gasteiger partial charge in [0.05, 0.1) is 49.4 Å². The molecule has 8 rings (SSSR count). The summed E-state index contributed by atoms with van der Waals surface area (Å²) in [5.74, 6) is 0.844. The van der Waals surface area contributed by atoms with Crippen LogP contribution in [0.4, 0.5) is 4.79 Å². The van der Waals surface area contributed by atoms with Crippen molar-refractivity contribution >= 4 is 12.0 Å². The highest BCUT2D eigenvalue weighted by Gasteiger charge is 2.54. The second-order valence-electron chi connectivity index (χ2n) is 16.5. The summed E-state index contributed by atoms with van der Waals surface area (Å²) in [6, 6.07) is 12.6. The van der Waals surface area contributed by atoms with Gasteiger partial charge in [0.15, 0.2) is 0 Å². The van der Waals surface area contributed by atoms with Crippen LogP contribution < -0.4 is 10.1 Å². The van der Waals surface area contributed by atoms with E-state index in [1.807, 2.05) is 23.1 Å². The first-order valence-electron chi connectivity index (χ1n) is 18.5. The molecule has 4 aliphatic carbocycles. The molecule has 10 heteroatoms. The van der Waals surface area contributed by atoms with Crippen molar-refractivity contribution in [1.29, 1.82) is 0 Å². The fourth-order valence-corrected chi connectivity index (χ4v) is 8.96. The third-order valence-corrected chi connectivity index (χ3v) is 12.3. The molecule has 1 unspecified atom stereocenters. The summed E-state index contributed by atoms with van der Waals surface area (Å²) < 4.78 is 13.2. The topological polar surface area (TPSA) is 119 Å². The fraction of sp³-hybridized carbons (Fsp3) is 0.600. The second-order valence-corrected chi connectivity index (χ2v) is 16.5. The number of hydrogen-bond acceptors (Lipinski definition) is 7. The number of ether oxygens (including phenoxy) is 2. The normalized spacial score (nSPS) is 27.4. The number of hydrogen-bond donors (Lipinski definition) is 2. The maximum Gasteiger partial charge on any atom is 0.410 e. The van der Waals surface area contributed by atoms with Crippen molar-refractivity contribution in [3.05, 3.63) is 71.3 Å². The van der Waals surface area contributed by atoms with E-state index in [9.17, 15) is 14.7 Å². The van der Waals surface area contributed by atoms with Crippen LogP contribution >= 0.6 is 0 Å². The van der Waals surface area contributed by atoms with Gasteiger partial charge in [-0.3, -0.25) is 9.78 Å². The first kappa shape index (κ1) is 34.5. The molecule has 268 valence electrons. The zero-order chi connectivity index (χ0) is 35.3. The van der Waals surface area contributed by atoms with Gasteiger partial charge >= 0.3 is 6.09 Å². The van der Waals surface area contributed by atoms with Crippen molar-refractivity contribution in [1.82, 2.24) is 25.0 Å². The second kappa shape index (κ2) is 13.3. The highest BCUT2D eigenvalue weighted by Crippen LogP contribution is 2.62. The molecule has 2 amide bonds. The quantitative estimate of drug-likeness (QED) is 0.271. The number of aromatic nitrogens is 3. The van der Waals surface area contributed by atoms with E-state index >= 15 is 0 Å². The number of methoxy groups -OCH3 is 1. The first-order valence-corrected chi connectivity index (χ1v) is 18.5. The summed E-state index contributed by atoms with van der Waals surface area (Å²) in [5.41, 5.74) is 5.40. The lowest BCUT2D eigenvalue weighted by Gasteiger charge is -2.56. The monoisotopic (exact) mass is 683 g/mol. The lowest BCUT2D eigenvalue weighted by Crippen LogP contribution is -2.54. The molecule has 5 fully saturated rings. The average molecular weight is 684 g/mol. The van der Waals surface area contributed by atoms with Crippen molar-refractivity contribution in [2.75, 3.05) is 20.2 Å². The van der Waals surface area contributed by atoms with Gasteiger partial charge in [0.2, 0.25) is 5.91 Å². The van der Waals surface area contributed by atoms with Crippen molar-refractivity contribution in [3.63, 3.8) is 0 Å². The van der Waals surface area contributed by atoms with Crippen LogP contribution in [0.25, 0.3) is 5.69 Å². The summed E-state index contributed by atoms with van der Waals surface area (Å²) in [4.78, 5) is 33.1. The molecular formula is C40H53N5O5. The Morgan fingerprint density at radius 3 is 2.28 bits per heavy atom. The summed E-state index contributed by atoms with van der Waals surface area (Å²) >= 11 is 0. The largest absolute Gasteiger partial charge is 0.496 e. The van der Waals surface area contributed by atoms with Gasteiger partial charge in [-0.25, -0.2) is 9.48 Å². The molecule has 1 saturated heterocycles. The first-order chi connectivity index (χ1) is 23.9. The molecule has 4 saturated carbocycles. The highest BCUT2D eigenvalue weighted by atomic mass is 16.6. The van der Waals surface area contributed by atoms with Gasteiger partial charge in [0, 0.05) is 23.7 Å². The van der Waals surface area contributed by atoms with E-state index in [-0.39, 0.29) is 46.3 Å². The van der Waals surface area contributed by atoms with Crippen LogP contribution in [0.15, 0.2) is 48.8 Å². The molecular weight excluding hydrogens is 630 g/mol. The van der Waals surface area contributed by atoms with E-state index in [0.717, 1.165) is 61.3 Å². The standard InChI is InChI=1S/C40H53N5O5/c1-26-22-28(8-11-33(26)49-5)39-14-17-40(18-15-39,19-16-39)35(32-23-29(12-20-41-32)45-21-13-34(43-45)38(2,3)4)42-36(47)27-6-9-31(10-7-27)50-37(48)44-24-30(46)25-44/h8,11-13,20-23,27,30-31,35,46H,6-7,9-10,14-19,24-25H2,1-5H3,(H,42,47). The molecule has 0 radical (unpaired) electrons. The zero-order valence-electron chi connectivity index (χ0n) is 30.3. The summed E-state index contributed by atoms with van der Waals surface area (Å²) in [7, 11) is 1.73. The number of carbonyl (C=O) groups is 2. The fourth-order valence-electron chi connectivity index (χ4n) is 8.96. The molecule has 3 aromatic rings. The smallest absolute Gasteiger partial charge is 0.410 e. The van der Waals surface area contributed by atoms with E-state index < -0.39 is 6.10 Å². The lowest BCUT2D eigenvalue weighted by atomic mass is 9.49. The number of amides is 2. The van der Waals surface area contributed by atoms with Crippen LogP contribution in [0.3, 0.4) is 0 Å². The number of carbonyl (C=O) groups excluding carboxylic acids is 2. The van der Waals surface area contributed by atoms with E-state index in [0.29, 0.717) is 38.8 Å². The summed E-state index contributed by atoms with van der Waals surface area (Å²) in [5, 5.41) is 18.0. The number of nitrogens with one attached hydrogen (secondary N) is 1. The third-order valence-electron chi connectivity index (χ3n) is 12.3. The Morgan fingerprint density at radius 2 is 1.68 bits per heavy atom. The molecule has 1 aliphatic heterocycles. The summed E-state index contributed by atoms with van der Waals surface area (Å²) in [6.07, 6.45) is 11.7. The van der Waals surface area contributed by atoms with Gasteiger partial charge in [0.1, 0.15) is 11.9 Å². The Labute approximate surface area is 295 Å². The molecule has 2 bridgehead atoms. The minimum atomic E-state index is -0.457. The Morgan fingerprint density at radius 1 is 0.980 bits per heavy atom. The van der Waals surface area contributed by atoms with Crippen LogP contribution in [0.5, 0.6) is 5.75 Å². The van der Waals surface area contributed by atoms with Gasteiger partial charge < -0.3 is 24.8 Å². The molecule has 1 aromatic carbocycles. The SMILES string of the molecule is COc1ccc(C23CCC(C(NC(=O)C4CCC(OC(=O)N5CC(O)C5)CC4)c4cc(-n5ccc(C(C)(C)C)n5)ccn4)(CC2)CC3)cc1C. The summed E-state index contributed by atoms with van der Waals surface area (Å²) in [6.45, 7) is 9.27. The van der Waals surface area contributed by atoms with Crippen LogP contribution in [-0.2, 0) is 20.4 Å². The van der Waals surface area contributed by atoms with Gasteiger partial charge in [-0.1, -0.05) is 32.9 Å². The number of β-amino-alcohol motifs (C(OH)–C–C–N with tert-alkyl or cyclic N) is 1. The van der Waals surface area contributed by atoms with Gasteiger partial charge in [-0.15, -0.1) is 0 Å². The number of nitrogens with zero attached hydrogens (tertiary/aromatic N) is 4. The van der Waals surface area contributed by atoms with Crippen molar-refractivity contribution in [2.24, 2.45) is 11.3 Å². The predicted molar refractivity (Wildman–Crippen MR) is 190 cm³/mol. The van der Waals surface area contributed by atoms with Gasteiger partial charge in [-0.05, 0) is 117 Å². The Balaban J connectivity index is 1.11. The minimum Gasteiger partial charge on any atom is -0.496 e. The van der Waals surface area contributed by atoms with Gasteiger partial charge in [-0.2, -0.15) is 5.10 Å². The lowest BCUT2D eigenvalue weighted by molar-refractivity contribution is -0.129. The highest BCUT2D eigenvalue weighted by molar-refractivity contribution is 5.79. The van der Waals surface area contributed by atoms with Crippen molar-refractivity contribution < 1.29 is 24.2 Å². The maximum atomic E-state index is 14.2. The number of fused-ring (bicyclic) bond motifs is 3. The van der Waals surface area contributed by atoms with Crippen LogP contribution in [-0.4, -0.2) is 69.2 Å². The van der Waals surface area contributed by atoms with Gasteiger partial charge in [0.25, 0.3) is 0 Å². The number of aliphatic hydroxyl groups is 1.